The molecule has 0 spiro atoms. The van der Waals surface area contributed by atoms with Crippen LogP contribution in [0.3, 0.4) is 0 Å². The molecule has 0 aromatic heterocycles. The van der Waals surface area contributed by atoms with E-state index in [1.165, 1.54) is 6.92 Å². The maximum atomic E-state index is 12.1. The summed E-state index contributed by atoms with van der Waals surface area (Å²) in [6.07, 6.45) is -0.697. The number of thiol groups is 1. The molecule has 1 amide bonds. The number of esters is 1. The summed E-state index contributed by atoms with van der Waals surface area (Å²) in [5.74, 6) is -4.92. The summed E-state index contributed by atoms with van der Waals surface area (Å²) in [5, 5.41) is 18.9. The topological polar surface area (TPSA) is 171 Å². The van der Waals surface area contributed by atoms with Gasteiger partial charge in [-0.3, -0.25) is 9.59 Å². The second-order valence-electron chi connectivity index (χ2n) is 5.61. The van der Waals surface area contributed by atoms with Crippen LogP contribution in [0.1, 0.15) is 13.3 Å². The lowest BCUT2D eigenvalue weighted by Crippen LogP contribution is -2.82. The van der Waals surface area contributed by atoms with E-state index in [-0.39, 0.29) is 5.57 Å². The Labute approximate surface area is 148 Å². The third-order valence-corrected chi connectivity index (χ3v) is 4.43. The van der Waals surface area contributed by atoms with E-state index < -0.39 is 53.9 Å². The average Bonchev–Trinajstić information content (AvgIpc) is 2.54. The summed E-state index contributed by atoms with van der Waals surface area (Å²) in [7, 11) is 1.11. The van der Waals surface area contributed by atoms with Crippen molar-refractivity contribution in [2.24, 2.45) is 5.73 Å². The molecule has 1 heterocycles. The van der Waals surface area contributed by atoms with Crippen molar-refractivity contribution in [2.45, 2.75) is 30.5 Å². The molecule has 1 aliphatic heterocycles. The lowest BCUT2D eigenvalue weighted by molar-refractivity contribution is -0.174. The number of hydrogen-bond donors (Lipinski definition) is 6. The molecular weight excluding hydrogens is 356 g/mol. The molecule has 0 aromatic rings. The average molecular weight is 376 g/mol. The molecule has 0 aromatic carbocycles. The van der Waals surface area contributed by atoms with Gasteiger partial charge in [-0.2, -0.15) is 0 Å². The molecule has 0 bridgehead atoms. The fraction of sp³-hybridized carbons (Fsp3) is 0.538. The normalized spacial score (nSPS) is 23.0. The van der Waals surface area contributed by atoms with Gasteiger partial charge >= 0.3 is 17.9 Å². The SMILES string of the molecule is C=C(C)[C@]1(CC(NNS)(C(=O)O)C(=O)O)[C@@H](N)C(=O)N1CC(=O)OC. The number of carboxylic acids is 2. The number of carboxylic acid groups (broad SMARTS) is 2. The van der Waals surface area contributed by atoms with Crippen molar-refractivity contribution in [1.82, 2.24) is 15.2 Å². The van der Waals surface area contributed by atoms with Gasteiger partial charge < -0.3 is 25.6 Å². The van der Waals surface area contributed by atoms with Crippen LogP contribution in [0.2, 0.25) is 0 Å². The number of amides is 1. The molecule has 1 saturated heterocycles. The number of methoxy groups -OCH3 is 1. The molecule has 1 aliphatic rings. The number of ether oxygens (including phenoxy) is 1. The maximum Gasteiger partial charge on any atom is 0.337 e. The monoisotopic (exact) mass is 376 g/mol. The molecule has 0 aliphatic carbocycles. The number of carbonyl (C=O) groups is 4. The highest BCUT2D eigenvalue weighted by Crippen LogP contribution is 2.43. The molecular formula is C13H20N4O7S. The van der Waals surface area contributed by atoms with Gasteiger partial charge in [-0.05, 0) is 6.92 Å². The quantitative estimate of drug-likeness (QED) is 0.0652. The Bertz CT molecular complexity index is 611. The van der Waals surface area contributed by atoms with Crippen molar-refractivity contribution >= 4 is 36.6 Å². The summed E-state index contributed by atoms with van der Waals surface area (Å²) in [6, 6.07) is -1.27. The van der Waals surface area contributed by atoms with Crippen LogP contribution in [0.15, 0.2) is 12.2 Å². The standard InChI is InChI=1S/C13H20N4O7S/c1-6(2)13(5-12(10(20)21,11(22)23)15-16-25)8(14)9(19)17(13)4-7(18)24-3/h8,15-16,25H,1,4-5,14H2,2-3H3,(H,20,21)(H,22,23)/t8-,13+/m0/s1. The highest BCUT2D eigenvalue weighted by Gasteiger charge is 2.65. The van der Waals surface area contributed by atoms with E-state index in [0.29, 0.717) is 0 Å². The van der Waals surface area contributed by atoms with Crippen molar-refractivity contribution in [3.63, 3.8) is 0 Å². The molecule has 1 fully saturated rings. The van der Waals surface area contributed by atoms with Crippen LogP contribution in [0.4, 0.5) is 0 Å². The largest absolute Gasteiger partial charge is 0.479 e. The Kier molecular flexibility index (Phi) is 6.18. The lowest BCUT2D eigenvalue weighted by atomic mass is 9.67. The number of carbonyl (C=O) groups excluding carboxylic acids is 2. The van der Waals surface area contributed by atoms with Gasteiger partial charge in [0.25, 0.3) is 0 Å². The first-order valence-electron chi connectivity index (χ1n) is 6.94. The van der Waals surface area contributed by atoms with E-state index in [1.807, 2.05) is 4.83 Å². The van der Waals surface area contributed by atoms with Gasteiger partial charge in [-0.25, -0.2) is 19.8 Å². The minimum absolute atomic E-state index is 0.219. The Morgan fingerprint density at radius 3 is 2.32 bits per heavy atom. The number of nitrogens with zero attached hydrogens (tertiary/aromatic N) is 1. The maximum absolute atomic E-state index is 12.1. The molecule has 25 heavy (non-hydrogen) atoms. The third kappa shape index (κ3) is 3.20. The number of rotatable bonds is 9. The molecule has 140 valence electrons. The Morgan fingerprint density at radius 1 is 1.44 bits per heavy atom. The van der Waals surface area contributed by atoms with E-state index in [2.05, 4.69) is 29.6 Å². The van der Waals surface area contributed by atoms with Crippen molar-refractivity contribution < 1.29 is 34.1 Å². The number of aliphatic carboxylic acids is 2. The van der Waals surface area contributed by atoms with Crippen LogP contribution in [-0.2, 0) is 23.9 Å². The smallest absolute Gasteiger partial charge is 0.337 e. The van der Waals surface area contributed by atoms with E-state index in [1.54, 1.807) is 0 Å². The van der Waals surface area contributed by atoms with Gasteiger partial charge in [-0.15, -0.1) is 0 Å². The Morgan fingerprint density at radius 2 is 1.96 bits per heavy atom. The molecule has 2 atom stereocenters. The first-order chi connectivity index (χ1) is 11.5. The van der Waals surface area contributed by atoms with Crippen LogP contribution in [-0.4, -0.2) is 69.7 Å². The highest BCUT2D eigenvalue weighted by molar-refractivity contribution is 7.78. The number of hydrazine groups is 1. The molecule has 0 unspecified atom stereocenters. The second kappa shape index (κ2) is 7.39. The molecule has 0 saturated carbocycles. The van der Waals surface area contributed by atoms with Crippen molar-refractivity contribution in [3.05, 3.63) is 12.2 Å². The van der Waals surface area contributed by atoms with Crippen LogP contribution in [0.5, 0.6) is 0 Å². The number of nitrogens with one attached hydrogen (secondary N) is 2. The van der Waals surface area contributed by atoms with Crippen LogP contribution in [0.25, 0.3) is 0 Å². The number of likely N-dealkylation sites (tertiary alicyclic amines) is 1. The molecule has 1 rings (SSSR count). The summed E-state index contributed by atoms with van der Waals surface area (Å²) < 4.78 is 4.51. The third-order valence-electron chi connectivity index (χ3n) is 4.32. The van der Waals surface area contributed by atoms with Gasteiger partial charge in [0.15, 0.2) is 0 Å². The van der Waals surface area contributed by atoms with E-state index in [9.17, 15) is 29.4 Å². The van der Waals surface area contributed by atoms with Crippen molar-refractivity contribution in [1.29, 1.82) is 0 Å². The Balaban J connectivity index is 3.43. The molecule has 12 heteroatoms. The van der Waals surface area contributed by atoms with Crippen LogP contribution >= 0.6 is 12.8 Å². The van der Waals surface area contributed by atoms with Crippen LogP contribution in [0, 0.1) is 0 Å². The van der Waals surface area contributed by atoms with Crippen molar-refractivity contribution in [2.75, 3.05) is 13.7 Å². The first kappa shape index (κ1) is 20.9. The fourth-order valence-corrected chi connectivity index (χ4v) is 3.02. The first-order valence-corrected chi connectivity index (χ1v) is 7.39. The summed E-state index contributed by atoms with van der Waals surface area (Å²) >= 11 is 3.59. The predicted octanol–water partition coefficient (Wildman–Crippen LogP) is -2.12. The lowest BCUT2D eigenvalue weighted by Gasteiger charge is -2.58. The summed E-state index contributed by atoms with van der Waals surface area (Å²) in [6.45, 7) is 4.63. The second-order valence-corrected chi connectivity index (χ2v) is 5.84. The molecule has 0 radical (unpaired) electrons. The minimum Gasteiger partial charge on any atom is -0.479 e. The van der Waals surface area contributed by atoms with Gasteiger partial charge in [0, 0.05) is 6.42 Å². The van der Waals surface area contributed by atoms with Gasteiger partial charge in [0.2, 0.25) is 11.4 Å². The molecule has 11 nitrogen and oxygen atoms in total. The Hall–Kier alpha value is -2.15. The van der Waals surface area contributed by atoms with E-state index >= 15 is 0 Å². The minimum atomic E-state index is -2.59. The predicted molar refractivity (Wildman–Crippen MR) is 87.1 cm³/mol. The fourth-order valence-electron chi connectivity index (χ4n) is 2.83. The van der Waals surface area contributed by atoms with Gasteiger partial charge in [0.05, 0.1) is 12.6 Å². The van der Waals surface area contributed by atoms with Gasteiger partial charge in [-0.1, -0.05) is 25.0 Å². The van der Waals surface area contributed by atoms with Gasteiger partial charge in [0.1, 0.15) is 12.6 Å². The number of β-lactam (4-membered cyclic amide) rings is 1. The molecule has 6 N–H and O–H groups in total. The highest BCUT2D eigenvalue weighted by atomic mass is 32.1. The number of nitrogens with two attached hydrogens (primary N) is 1. The number of hydrogen-bond acceptors (Lipinski definition) is 9. The van der Waals surface area contributed by atoms with Crippen molar-refractivity contribution in [3.8, 4) is 0 Å². The van der Waals surface area contributed by atoms with E-state index in [4.69, 9.17) is 5.73 Å². The zero-order chi connectivity index (χ0) is 19.6. The zero-order valence-electron chi connectivity index (χ0n) is 13.6. The summed E-state index contributed by atoms with van der Waals surface area (Å²) in [5.41, 5.74) is 3.96. The summed E-state index contributed by atoms with van der Waals surface area (Å²) in [4.78, 5) is 50.0. The van der Waals surface area contributed by atoms with Crippen LogP contribution < -0.4 is 16.0 Å². The van der Waals surface area contributed by atoms with E-state index in [0.717, 1.165) is 12.0 Å². The zero-order valence-corrected chi connectivity index (χ0v) is 14.5.